The number of nitrogens with one attached hydrogen (secondary N) is 3. The predicted molar refractivity (Wildman–Crippen MR) is 108 cm³/mol. The van der Waals surface area contributed by atoms with Crippen LogP contribution in [-0.2, 0) is 0 Å². The average molecular weight is 413 g/mol. The number of aliphatic hydroxyl groups is 1. The SMILES string of the molecule is O=C(Nc1cccc(C(=O)NCC(O)COc2ccc3c(c2)OCO3)c1)NC1CC1. The second-order valence-electron chi connectivity index (χ2n) is 7.14. The molecule has 30 heavy (non-hydrogen) atoms. The van der Waals surface area contributed by atoms with E-state index >= 15 is 0 Å². The van der Waals surface area contributed by atoms with E-state index in [9.17, 15) is 14.7 Å². The number of hydrogen-bond donors (Lipinski definition) is 4. The predicted octanol–water partition coefficient (Wildman–Crippen LogP) is 1.87. The minimum atomic E-state index is -0.898. The van der Waals surface area contributed by atoms with Crippen LogP contribution in [0.4, 0.5) is 10.5 Å². The molecule has 0 radical (unpaired) electrons. The third-order valence-corrected chi connectivity index (χ3v) is 4.58. The molecule has 4 rings (SSSR count). The van der Waals surface area contributed by atoms with Crippen molar-refractivity contribution in [2.45, 2.75) is 25.0 Å². The van der Waals surface area contributed by atoms with Gasteiger partial charge in [-0.15, -0.1) is 0 Å². The topological polar surface area (TPSA) is 118 Å². The number of ether oxygens (including phenoxy) is 3. The van der Waals surface area contributed by atoms with Crippen molar-refractivity contribution in [2.24, 2.45) is 0 Å². The Bertz CT molecular complexity index is 931. The molecule has 1 unspecified atom stereocenters. The van der Waals surface area contributed by atoms with Crippen LogP contribution in [0.1, 0.15) is 23.2 Å². The molecule has 1 heterocycles. The van der Waals surface area contributed by atoms with E-state index in [4.69, 9.17) is 14.2 Å². The highest BCUT2D eigenvalue weighted by atomic mass is 16.7. The number of anilines is 1. The maximum Gasteiger partial charge on any atom is 0.319 e. The van der Waals surface area contributed by atoms with Crippen molar-refractivity contribution in [3.63, 3.8) is 0 Å². The summed E-state index contributed by atoms with van der Waals surface area (Å²) in [5.74, 6) is 1.42. The lowest BCUT2D eigenvalue weighted by Gasteiger charge is -2.14. The summed E-state index contributed by atoms with van der Waals surface area (Å²) in [6.45, 7) is 0.196. The zero-order chi connectivity index (χ0) is 20.9. The zero-order valence-electron chi connectivity index (χ0n) is 16.2. The fraction of sp³-hybridized carbons (Fsp3) is 0.333. The molecule has 2 aliphatic rings. The van der Waals surface area contributed by atoms with Gasteiger partial charge in [-0.05, 0) is 43.2 Å². The monoisotopic (exact) mass is 413 g/mol. The van der Waals surface area contributed by atoms with Gasteiger partial charge in [-0.3, -0.25) is 4.79 Å². The smallest absolute Gasteiger partial charge is 0.319 e. The van der Waals surface area contributed by atoms with Gasteiger partial charge < -0.3 is 35.3 Å². The molecule has 0 aromatic heterocycles. The lowest BCUT2D eigenvalue weighted by Crippen LogP contribution is -2.35. The molecule has 2 aromatic rings. The van der Waals surface area contributed by atoms with Crippen molar-refractivity contribution >= 4 is 17.6 Å². The molecule has 9 nitrogen and oxygen atoms in total. The number of rotatable bonds is 8. The van der Waals surface area contributed by atoms with E-state index in [1.54, 1.807) is 42.5 Å². The minimum absolute atomic E-state index is 0.00283. The van der Waals surface area contributed by atoms with Gasteiger partial charge in [0, 0.05) is 29.9 Å². The maximum absolute atomic E-state index is 12.4. The molecular weight excluding hydrogens is 390 g/mol. The molecule has 1 fully saturated rings. The first kappa shape index (κ1) is 19.8. The summed E-state index contributed by atoms with van der Waals surface area (Å²) in [5.41, 5.74) is 0.899. The second kappa shape index (κ2) is 8.91. The summed E-state index contributed by atoms with van der Waals surface area (Å²) in [5, 5.41) is 18.3. The van der Waals surface area contributed by atoms with E-state index in [2.05, 4.69) is 16.0 Å². The van der Waals surface area contributed by atoms with Gasteiger partial charge in [0.25, 0.3) is 5.91 Å². The van der Waals surface area contributed by atoms with E-state index in [1.807, 2.05) is 0 Å². The first-order chi connectivity index (χ1) is 14.6. The van der Waals surface area contributed by atoms with Crippen LogP contribution in [0.3, 0.4) is 0 Å². The molecule has 3 amide bonds. The standard InChI is InChI=1S/C21H23N3O6/c25-16(11-28-17-6-7-18-19(9-17)30-12-29-18)10-22-20(26)13-2-1-3-15(8-13)24-21(27)23-14-4-5-14/h1-3,6-9,14,16,25H,4-5,10-12H2,(H,22,26)(H2,23,24,27). The van der Waals surface area contributed by atoms with Gasteiger partial charge in [0.1, 0.15) is 18.5 Å². The molecule has 0 spiro atoms. The number of urea groups is 1. The summed E-state index contributed by atoms with van der Waals surface area (Å²) in [4.78, 5) is 24.2. The van der Waals surface area contributed by atoms with E-state index in [1.165, 1.54) is 0 Å². The first-order valence-electron chi connectivity index (χ1n) is 9.73. The van der Waals surface area contributed by atoms with Crippen molar-refractivity contribution in [1.82, 2.24) is 10.6 Å². The van der Waals surface area contributed by atoms with Crippen LogP contribution in [0.2, 0.25) is 0 Å². The normalized spacial score (nSPS) is 15.2. The molecule has 9 heteroatoms. The largest absolute Gasteiger partial charge is 0.491 e. The third-order valence-electron chi connectivity index (χ3n) is 4.58. The molecule has 0 saturated heterocycles. The molecule has 4 N–H and O–H groups in total. The highest BCUT2D eigenvalue weighted by Gasteiger charge is 2.23. The van der Waals surface area contributed by atoms with Crippen LogP contribution in [0.5, 0.6) is 17.2 Å². The molecule has 1 aliphatic heterocycles. The lowest BCUT2D eigenvalue weighted by atomic mass is 10.2. The number of fused-ring (bicyclic) bond motifs is 1. The van der Waals surface area contributed by atoms with Crippen molar-refractivity contribution in [1.29, 1.82) is 0 Å². The van der Waals surface area contributed by atoms with Gasteiger partial charge >= 0.3 is 6.03 Å². The summed E-state index contributed by atoms with van der Waals surface area (Å²) in [7, 11) is 0. The van der Waals surface area contributed by atoms with E-state index < -0.39 is 6.10 Å². The summed E-state index contributed by atoms with van der Waals surface area (Å²) < 4.78 is 16.1. The van der Waals surface area contributed by atoms with Gasteiger partial charge in [0.05, 0.1) is 0 Å². The minimum Gasteiger partial charge on any atom is -0.491 e. The van der Waals surface area contributed by atoms with E-state index in [-0.39, 0.29) is 37.9 Å². The first-order valence-corrected chi connectivity index (χ1v) is 9.73. The van der Waals surface area contributed by atoms with Crippen molar-refractivity contribution in [3.8, 4) is 17.2 Å². The number of carbonyl (C=O) groups is 2. The third kappa shape index (κ3) is 5.32. The molecule has 2 aromatic carbocycles. The van der Waals surface area contributed by atoms with Crippen LogP contribution in [0, 0.1) is 0 Å². The Morgan fingerprint density at radius 1 is 1.13 bits per heavy atom. The molecule has 0 bridgehead atoms. The van der Waals surface area contributed by atoms with Crippen LogP contribution in [-0.4, -0.2) is 49.1 Å². The van der Waals surface area contributed by atoms with Crippen molar-refractivity contribution in [2.75, 3.05) is 25.3 Å². The number of amides is 3. The molecule has 1 saturated carbocycles. The number of hydrogen-bond acceptors (Lipinski definition) is 6. The van der Waals surface area contributed by atoms with Gasteiger partial charge in [-0.25, -0.2) is 4.79 Å². The molecular formula is C21H23N3O6. The Morgan fingerprint density at radius 3 is 2.80 bits per heavy atom. The van der Waals surface area contributed by atoms with E-state index in [0.717, 1.165) is 12.8 Å². The van der Waals surface area contributed by atoms with Crippen molar-refractivity contribution < 1.29 is 28.9 Å². The fourth-order valence-corrected chi connectivity index (χ4v) is 2.85. The lowest BCUT2D eigenvalue weighted by molar-refractivity contribution is 0.0843. The summed E-state index contributed by atoms with van der Waals surface area (Å²) in [6, 6.07) is 11.7. The summed E-state index contributed by atoms with van der Waals surface area (Å²) >= 11 is 0. The Morgan fingerprint density at radius 2 is 1.97 bits per heavy atom. The van der Waals surface area contributed by atoms with Gasteiger partial charge in [0.15, 0.2) is 11.5 Å². The van der Waals surface area contributed by atoms with E-state index in [0.29, 0.717) is 28.5 Å². The number of benzene rings is 2. The second-order valence-corrected chi connectivity index (χ2v) is 7.14. The van der Waals surface area contributed by atoms with Gasteiger partial charge in [0.2, 0.25) is 6.79 Å². The highest BCUT2D eigenvalue weighted by Crippen LogP contribution is 2.35. The highest BCUT2D eigenvalue weighted by molar-refractivity contribution is 5.96. The Kier molecular flexibility index (Phi) is 5.89. The zero-order valence-corrected chi connectivity index (χ0v) is 16.2. The Hall–Kier alpha value is -3.46. The van der Waals surface area contributed by atoms with Crippen LogP contribution in [0.25, 0.3) is 0 Å². The average Bonchev–Trinajstić information content (AvgIpc) is 3.43. The Labute approximate surface area is 173 Å². The van der Waals surface area contributed by atoms with Crippen LogP contribution in [0.15, 0.2) is 42.5 Å². The maximum atomic E-state index is 12.4. The molecule has 1 aliphatic carbocycles. The number of aliphatic hydroxyl groups excluding tert-OH is 1. The molecule has 158 valence electrons. The van der Waals surface area contributed by atoms with Gasteiger partial charge in [-0.2, -0.15) is 0 Å². The van der Waals surface area contributed by atoms with Crippen molar-refractivity contribution in [3.05, 3.63) is 48.0 Å². The quantitative estimate of drug-likeness (QED) is 0.525. The fourth-order valence-electron chi connectivity index (χ4n) is 2.85. The van der Waals surface area contributed by atoms with Crippen LogP contribution < -0.4 is 30.2 Å². The van der Waals surface area contributed by atoms with Gasteiger partial charge in [-0.1, -0.05) is 6.07 Å². The Balaban J connectivity index is 1.22. The molecule has 1 atom stereocenters. The number of carbonyl (C=O) groups excluding carboxylic acids is 2. The van der Waals surface area contributed by atoms with Crippen LogP contribution >= 0.6 is 0 Å². The summed E-state index contributed by atoms with van der Waals surface area (Å²) in [6.07, 6.45) is 1.10.